The van der Waals surface area contributed by atoms with E-state index in [1.165, 1.54) is 17.0 Å². The summed E-state index contributed by atoms with van der Waals surface area (Å²) in [6, 6.07) is 18.7. The van der Waals surface area contributed by atoms with Gasteiger partial charge in [0.2, 0.25) is 0 Å². The molecule has 0 spiro atoms. The van der Waals surface area contributed by atoms with Crippen LogP contribution in [0.2, 0.25) is 10.0 Å². The van der Waals surface area contributed by atoms with Gasteiger partial charge in [-0.15, -0.1) is 0 Å². The molecule has 36 heavy (non-hydrogen) atoms. The van der Waals surface area contributed by atoms with Gasteiger partial charge in [-0.05, 0) is 60.5 Å². The Bertz CT molecular complexity index is 1340. The Morgan fingerprint density at radius 2 is 1.72 bits per heavy atom. The zero-order valence-corrected chi connectivity index (χ0v) is 21.7. The lowest BCUT2D eigenvalue weighted by molar-refractivity contribution is -0.140. The van der Waals surface area contributed by atoms with Gasteiger partial charge < -0.3 is 19.6 Å². The lowest BCUT2D eigenvalue weighted by Crippen LogP contribution is -2.29. The number of hydrogen-bond donors (Lipinski definition) is 1. The second-order valence-electron chi connectivity index (χ2n) is 8.62. The molecule has 6 nitrogen and oxygen atoms in total. The summed E-state index contributed by atoms with van der Waals surface area (Å²) in [5.74, 6) is -1.09. The van der Waals surface area contributed by atoms with E-state index >= 15 is 0 Å². The van der Waals surface area contributed by atoms with E-state index in [9.17, 15) is 14.7 Å². The molecule has 0 saturated carbocycles. The zero-order chi connectivity index (χ0) is 26.0. The predicted octanol–water partition coefficient (Wildman–Crippen LogP) is 6.08. The molecule has 1 saturated heterocycles. The molecule has 0 aromatic heterocycles. The van der Waals surface area contributed by atoms with Crippen LogP contribution in [0.3, 0.4) is 0 Å². The van der Waals surface area contributed by atoms with Crippen molar-refractivity contribution >= 4 is 46.3 Å². The zero-order valence-electron chi connectivity index (χ0n) is 20.2. The van der Waals surface area contributed by atoms with Crippen molar-refractivity contribution in [2.75, 3.05) is 25.6 Å². The number of halogens is 2. The van der Waals surface area contributed by atoms with Crippen LogP contribution in [-0.4, -0.2) is 42.4 Å². The fourth-order valence-corrected chi connectivity index (χ4v) is 4.54. The highest BCUT2D eigenvalue weighted by Crippen LogP contribution is 2.41. The van der Waals surface area contributed by atoms with E-state index in [-0.39, 0.29) is 22.9 Å². The van der Waals surface area contributed by atoms with Crippen LogP contribution in [0.15, 0.2) is 72.3 Å². The number of ether oxygens (including phenoxy) is 1. The van der Waals surface area contributed by atoms with Crippen molar-refractivity contribution in [2.45, 2.75) is 19.5 Å². The quantitative estimate of drug-likeness (QED) is 0.230. The van der Waals surface area contributed by atoms with E-state index in [2.05, 4.69) is 0 Å². The van der Waals surface area contributed by atoms with E-state index < -0.39 is 17.7 Å². The molecule has 1 N–H and O–H groups in total. The maximum Gasteiger partial charge on any atom is 0.295 e. The van der Waals surface area contributed by atoms with Gasteiger partial charge in [-0.2, -0.15) is 0 Å². The van der Waals surface area contributed by atoms with Crippen LogP contribution in [0.4, 0.5) is 5.69 Å². The Morgan fingerprint density at radius 3 is 2.36 bits per heavy atom. The Labute approximate surface area is 220 Å². The number of amides is 1. The van der Waals surface area contributed by atoms with E-state index in [1.54, 1.807) is 6.07 Å². The van der Waals surface area contributed by atoms with Crippen LogP contribution in [0.1, 0.15) is 29.7 Å². The first-order valence-corrected chi connectivity index (χ1v) is 12.2. The number of Topliss-reactive ketones (excluding diaryl/α,β-unsaturated/α-hetero) is 1. The molecule has 186 valence electrons. The number of benzene rings is 3. The molecule has 3 aromatic carbocycles. The number of anilines is 1. The summed E-state index contributed by atoms with van der Waals surface area (Å²) in [5, 5.41) is 11.8. The van der Waals surface area contributed by atoms with Crippen molar-refractivity contribution in [3.63, 3.8) is 0 Å². The predicted molar refractivity (Wildman–Crippen MR) is 143 cm³/mol. The second kappa shape index (κ2) is 10.6. The molecule has 1 fully saturated rings. The number of aliphatic hydroxyl groups excluding tert-OH is 1. The molecule has 0 aliphatic carbocycles. The topological polar surface area (TPSA) is 70.1 Å². The first-order chi connectivity index (χ1) is 17.2. The number of hydrogen-bond acceptors (Lipinski definition) is 5. The molecule has 1 amide bonds. The first kappa shape index (κ1) is 25.6. The van der Waals surface area contributed by atoms with Gasteiger partial charge in [-0.1, -0.05) is 47.5 Å². The van der Waals surface area contributed by atoms with Crippen molar-refractivity contribution in [3.05, 3.63) is 99.0 Å². The average molecular weight is 525 g/mol. The molecule has 0 radical (unpaired) electrons. The molecule has 8 heteroatoms. The van der Waals surface area contributed by atoms with Gasteiger partial charge >= 0.3 is 0 Å². The molecular weight excluding hydrogens is 499 g/mol. The average Bonchev–Trinajstić information content (AvgIpc) is 3.10. The minimum absolute atomic E-state index is 0.00282. The van der Waals surface area contributed by atoms with Gasteiger partial charge in [0.15, 0.2) is 0 Å². The van der Waals surface area contributed by atoms with Gasteiger partial charge in [0, 0.05) is 31.9 Å². The van der Waals surface area contributed by atoms with E-state index in [0.29, 0.717) is 28.5 Å². The number of aliphatic hydroxyl groups is 1. The highest BCUT2D eigenvalue weighted by Gasteiger charge is 2.46. The Balaban J connectivity index is 1.84. The highest BCUT2D eigenvalue weighted by molar-refractivity contribution is 6.46. The van der Waals surface area contributed by atoms with Gasteiger partial charge in [-0.25, -0.2) is 0 Å². The fourth-order valence-electron chi connectivity index (χ4n) is 4.24. The van der Waals surface area contributed by atoms with Crippen LogP contribution < -0.4 is 9.64 Å². The third-order valence-electron chi connectivity index (χ3n) is 6.02. The van der Waals surface area contributed by atoms with Crippen molar-refractivity contribution in [2.24, 2.45) is 0 Å². The number of carbonyl (C=O) groups is 2. The number of carbonyl (C=O) groups excluding carboxylic acids is 2. The molecule has 1 heterocycles. The molecule has 1 aliphatic rings. The first-order valence-electron chi connectivity index (χ1n) is 11.4. The molecular formula is C28H26Cl2N2O4. The van der Waals surface area contributed by atoms with E-state index in [1.807, 2.05) is 74.4 Å². The molecule has 1 atom stereocenters. The molecule has 3 aromatic rings. The number of rotatable bonds is 7. The SMILES string of the molecule is CCOc1cccc(CN2C(=O)C(=O)/C(=C(\O)c3ccc(Cl)c(Cl)c3)C2c2ccc(N(C)C)cc2)c1. The van der Waals surface area contributed by atoms with Crippen LogP contribution >= 0.6 is 23.2 Å². The summed E-state index contributed by atoms with van der Waals surface area (Å²) in [6.45, 7) is 2.56. The fraction of sp³-hybridized carbons (Fsp3) is 0.214. The molecule has 0 bridgehead atoms. The Morgan fingerprint density at radius 1 is 1.00 bits per heavy atom. The lowest BCUT2D eigenvalue weighted by Gasteiger charge is -2.26. The van der Waals surface area contributed by atoms with E-state index in [4.69, 9.17) is 27.9 Å². The minimum Gasteiger partial charge on any atom is -0.507 e. The monoisotopic (exact) mass is 524 g/mol. The second-order valence-corrected chi connectivity index (χ2v) is 9.44. The van der Waals surface area contributed by atoms with Gasteiger partial charge in [-0.3, -0.25) is 9.59 Å². The van der Waals surface area contributed by atoms with Crippen LogP contribution in [0, 0.1) is 0 Å². The molecule has 1 unspecified atom stereocenters. The third kappa shape index (κ3) is 5.06. The van der Waals surface area contributed by atoms with Crippen LogP contribution in [0.5, 0.6) is 5.75 Å². The van der Waals surface area contributed by atoms with Crippen molar-refractivity contribution < 1.29 is 19.4 Å². The van der Waals surface area contributed by atoms with Crippen molar-refractivity contribution in [1.82, 2.24) is 4.90 Å². The van der Waals surface area contributed by atoms with E-state index in [0.717, 1.165) is 11.3 Å². The van der Waals surface area contributed by atoms with Crippen molar-refractivity contribution in [3.8, 4) is 5.75 Å². The summed E-state index contributed by atoms with van der Waals surface area (Å²) in [4.78, 5) is 30.0. The summed E-state index contributed by atoms with van der Waals surface area (Å²) >= 11 is 12.2. The Hall–Kier alpha value is -3.48. The van der Waals surface area contributed by atoms with Gasteiger partial charge in [0.1, 0.15) is 11.5 Å². The molecule has 4 rings (SSSR count). The summed E-state index contributed by atoms with van der Waals surface area (Å²) in [7, 11) is 3.85. The number of nitrogens with zero attached hydrogens (tertiary/aromatic N) is 2. The maximum absolute atomic E-state index is 13.3. The van der Waals surface area contributed by atoms with Crippen molar-refractivity contribution in [1.29, 1.82) is 0 Å². The lowest BCUT2D eigenvalue weighted by atomic mass is 9.95. The summed E-state index contributed by atoms with van der Waals surface area (Å²) in [6.07, 6.45) is 0. The van der Waals surface area contributed by atoms with Gasteiger partial charge in [0.05, 0.1) is 28.3 Å². The largest absolute Gasteiger partial charge is 0.507 e. The van der Waals surface area contributed by atoms with Crippen LogP contribution in [0.25, 0.3) is 5.76 Å². The maximum atomic E-state index is 13.3. The third-order valence-corrected chi connectivity index (χ3v) is 6.76. The summed E-state index contributed by atoms with van der Waals surface area (Å²) in [5.41, 5.74) is 2.76. The highest BCUT2D eigenvalue weighted by atomic mass is 35.5. The smallest absolute Gasteiger partial charge is 0.295 e. The Kier molecular flexibility index (Phi) is 7.57. The van der Waals surface area contributed by atoms with Gasteiger partial charge in [0.25, 0.3) is 11.7 Å². The number of ketones is 1. The number of likely N-dealkylation sites (tertiary alicyclic amines) is 1. The minimum atomic E-state index is -0.800. The standard InChI is InChI=1S/C28H26Cl2N2O4/c1-4-36-21-7-5-6-17(14-21)16-32-25(18-8-11-20(12-9-18)31(2)3)24(27(34)28(32)35)26(33)19-10-13-22(29)23(30)15-19/h5-15,25,33H,4,16H2,1-3H3/b26-24-. The summed E-state index contributed by atoms with van der Waals surface area (Å²) < 4.78 is 5.60. The van der Waals surface area contributed by atoms with Crippen LogP contribution in [-0.2, 0) is 16.1 Å². The normalized spacial score (nSPS) is 16.9. The molecule has 1 aliphatic heterocycles.